The normalized spacial score (nSPS) is 14.0. The van der Waals surface area contributed by atoms with Crippen molar-refractivity contribution in [3.05, 3.63) is 42.0 Å². The molecule has 0 bridgehead atoms. The van der Waals surface area contributed by atoms with E-state index in [0.717, 1.165) is 0 Å². The molecule has 26 heavy (non-hydrogen) atoms. The van der Waals surface area contributed by atoms with Gasteiger partial charge in [0.2, 0.25) is 13.6 Å². The number of aromatic hydroxyl groups is 1. The van der Waals surface area contributed by atoms with Gasteiger partial charge in [-0.25, -0.2) is 4.79 Å². The molecule has 0 aromatic heterocycles. The number of fused-ring (bicyclic) bond motifs is 3. The minimum absolute atomic E-state index is 0.0206. The molecule has 7 nitrogen and oxygen atoms in total. The molecule has 7 heteroatoms. The molecular formula is C19H12O7. The van der Waals surface area contributed by atoms with Gasteiger partial charge < -0.3 is 29.2 Å². The van der Waals surface area contributed by atoms with Gasteiger partial charge in [-0.3, -0.25) is 0 Å². The van der Waals surface area contributed by atoms with Gasteiger partial charge in [-0.1, -0.05) is 6.07 Å². The summed E-state index contributed by atoms with van der Waals surface area (Å²) in [4.78, 5) is 11.8. The van der Waals surface area contributed by atoms with Crippen molar-refractivity contribution in [3.8, 4) is 39.9 Å². The Balaban J connectivity index is 1.86. The van der Waals surface area contributed by atoms with Gasteiger partial charge in [-0.2, -0.15) is 0 Å². The Labute approximate surface area is 146 Å². The molecule has 3 aromatic rings. The summed E-state index contributed by atoms with van der Waals surface area (Å²) in [5, 5.41) is 21.1. The zero-order valence-corrected chi connectivity index (χ0v) is 13.3. The molecule has 0 spiro atoms. The van der Waals surface area contributed by atoms with E-state index >= 15 is 0 Å². The second kappa shape index (κ2) is 5.19. The topological polar surface area (TPSA) is 94.5 Å². The van der Waals surface area contributed by atoms with Crippen LogP contribution in [0.25, 0.3) is 21.9 Å². The third-order valence-corrected chi connectivity index (χ3v) is 4.50. The SMILES string of the molecule is O=C(O)c1cc(O)c2cc3c(cc2c1-c1ccc2c(c1)OCO2)OCO3. The first-order valence-corrected chi connectivity index (χ1v) is 7.84. The second-order valence-electron chi connectivity index (χ2n) is 5.94. The van der Waals surface area contributed by atoms with Crippen molar-refractivity contribution >= 4 is 16.7 Å². The average molecular weight is 352 g/mol. The average Bonchev–Trinajstić information content (AvgIpc) is 3.27. The lowest BCUT2D eigenvalue weighted by atomic mass is 9.92. The highest BCUT2D eigenvalue weighted by molar-refractivity contribution is 6.10. The monoisotopic (exact) mass is 352 g/mol. The quantitative estimate of drug-likeness (QED) is 0.730. The Hall–Kier alpha value is -3.61. The highest BCUT2D eigenvalue weighted by atomic mass is 16.7. The molecular weight excluding hydrogens is 340 g/mol. The van der Waals surface area contributed by atoms with Crippen LogP contribution in [0.4, 0.5) is 0 Å². The summed E-state index contributed by atoms with van der Waals surface area (Å²) in [6, 6.07) is 9.79. The van der Waals surface area contributed by atoms with Crippen LogP contribution in [0, 0.1) is 0 Å². The molecule has 2 aliphatic heterocycles. The van der Waals surface area contributed by atoms with Crippen LogP contribution in [-0.4, -0.2) is 29.8 Å². The van der Waals surface area contributed by atoms with E-state index in [2.05, 4.69) is 0 Å². The maximum Gasteiger partial charge on any atom is 0.336 e. The zero-order valence-electron chi connectivity index (χ0n) is 13.3. The van der Waals surface area contributed by atoms with Crippen molar-refractivity contribution in [2.45, 2.75) is 0 Å². The Morgan fingerprint density at radius 2 is 1.42 bits per heavy atom. The number of hydrogen-bond acceptors (Lipinski definition) is 6. The van der Waals surface area contributed by atoms with Gasteiger partial charge in [-0.15, -0.1) is 0 Å². The van der Waals surface area contributed by atoms with E-state index in [9.17, 15) is 15.0 Å². The third kappa shape index (κ3) is 2.03. The molecule has 5 rings (SSSR count). The molecule has 0 fully saturated rings. The van der Waals surface area contributed by atoms with Crippen molar-refractivity contribution < 1.29 is 34.0 Å². The lowest BCUT2D eigenvalue weighted by Crippen LogP contribution is -2.01. The van der Waals surface area contributed by atoms with Crippen LogP contribution >= 0.6 is 0 Å². The predicted octanol–water partition coefficient (Wildman–Crippen LogP) is 3.37. The highest BCUT2D eigenvalue weighted by Gasteiger charge is 2.24. The van der Waals surface area contributed by atoms with Crippen molar-refractivity contribution in [2.24, 2.45) is 0 Å². The molecule has 0 amide bonds. The molecule has 2 heterocycles. The standard InChI is InChI=1S/C19H12O7/c20-13-4-12(19(21)22)18(9-1-2-14-15(3-9)24-7-23-14)11-6-17-16(5-10(11)13)25-8-26-17/h1-6,20H,7-8H2,(H,21,22). The highest BCUT2D eigenvalue weighted by Crippen LogP contribution is 2.46. The van der Waals surface area contributed by atoms with Crippen molar-refractivity contribution in [1.82, 2.24) is 0 Å². The number of rotatable bonds is 2. The maximum atomic E-state index is 11.8. The summed E-state index contributed by atoms with van der Waals surface area (Å²) in [6.45, 7) is 0.206. The number of carboxylic acid groups (broad SMARTS) is 1. The van der Waals surface area contributed by atoms with Crippen LogP contribution in [0.3, 0.4) is 0 Å². The molecule has 0 unspecified atom stereocenters. The fourth-order valence-electron chi connectivity index (χ4n) is 3.32. The Morgan fingerprint density at radius 3 is 2.12 bits per heavy atom. The van der Waals surface area contributed by atoms with Crippen LogP contribution in [0.2, 0.25) is 0 Å². The largest absolute Gasteiger partial charge is 0.507 e. The van der Waals surface area contributed by atoms with E-state index in [1.165, 1.54) is 6.07 Å². The van der Waals surface area contributed by atoms with E-state index in [0.29, 0.717) is 44.9 Å². The zero-order chi connectivity index (χ0) is 17.8. The van der Waals surface area contributed by atoms with Crippen LogP contribution in [-0.2, 0) is 0 Å². The lowest BCUT2D eigenvalue weighted by molar-refractivity contribution is 0.0697. The number of phenols is 1. The smallest absolute Gasteiger partial charge is 0.336 e. The predicted molar refractivity (Wildman–Crippen MR) is 90.3 cm³/mol. The van der Waals surface area contributed by atoms with Crippen LogP contribution in [0.5, 0.6) is 28.7 Å². The van der Waals surface area contributed by atoms with Gasteiger partial charge in [0.05, 0.1) is 5.56 Å². The second-order valence-corrected chi connectivity index (χ2v) is 5.94. The summed E-state index contributed by atoms with van der Waals surface area (Å²) in [6.07, 6.45) is 0. The van der Waals surface area contributed by atoms with Crippen LogP contribution < -0.4 is 18.9 Å². The summed E-state index contributed by atoms with van der Waals surface area (Å²) in [7, 11) is 0. The van der Waals surface area contributed by atoms with Gasteiger partial charge in [0.25, 0.3) is 0 Å². The lowest BCUT2D eigenvalue weighted by Gasteiger charge is -2.14. The van der Waals surface area contributed by atoms with Crippen molar-refractivity contribution in [1.29, 1.82) is 0 Å². The number of carbonyl (C=O) groups is 1. The van der Waals surface area contributed by atoms with E-state index in [-0.39, 0.29) is 24.9 Å². The minimum Gasteiger partial charge on any atom is -0.507 e. The van der Waals surface area contributed by atoms with Gasteiger partial charge in [-0.05, 0) is 41.3 Å². The molecule has 2 N–H and O–H groups in total. The van der Waals surface area contributed by atoms with Crippen LogP contribution in [0.15, 0.2) is 36.4 Å². The Morgan fingerprint density at radius 1 is 0.808 bits per heavy atom. The van der Waals surface area contributed by atoms with E-state index in [1.54, 1.807) is 30.3 Å². The molecule has 3 aromatic carbocycles. The first kappa shape index (κ1) is 14.7. The summed E-state index contributed by atoms with van der Waals surface area (Å²) < 4.78 is 21.5. The number of ether oxygens (including phenoxy) is 4. The summed E-state index contributed by atoms with van der Waals surface area (Å²) in [5.74, 6) is 0.869. The van der Waals surface area contributed by atoms with Crippen molar-refractivity contribution in [2.75, 3.05) is 13.6 Å². The number of benzene rings is 3. The fraction of sp³-hybridized carbons (Fsp3) is 0.105. The van der Waals surface area contributed by atoms with E-state index < -0.39 is 5.97 Å². The summed E-state index contributed by atoms with van der Waals surface area (Å²) in [5.41, 5.74) is 1.07. The Bertz CT molecular complexity index is 1090. The van der Waals surface area contributed by atoms with Gasteiger partial charge in [0.15, 0.2) is 23.0 Å². The number of aromatic carboxylic acids is 1. The van der Waals surface area contributed by atoms with Gasteiger partial charge in [0, 0.05) is 10.9 Å². The molecule has 2 aliphatic rings. The molecule has 0 aliphatic carbocycles. The number of carboxylic acids is 1. The third-order valence-electron chi connectivity index (χ3n) is 4.50. The van der Waals surface area contributed by atoms with Crippen molar-refractivity contribution in [3.63, 3.8) is 0 Å². The molecule has 0 saturated carbocycles. The van der Waals surface area contributed by atoms with Gasteiger partial charge >= 0.3 is 5.97 Å². The maximum absolute atomic E-state index is 11.8. The number of hydrogen-bond donors (Lipinski definition) is 2. The Kier molecular flexibility index (Phi) is 2.94. The molecule has 0 radical (unpaired) electrons. The minimum atomic E-state index is -1.15. The van der Waals surface area contributed by atoms with E-state index in [1.807, 2.05) is 0 Å². The molecule has 0 atom stereocenters. The summed E-state index contributed by atoms with van der Waals surface area (Å²) >= 11 is 0. The first-order valence-electron chi connectivity index (χ1n) is 7.84. The van der Waals surface area contributed by atoms with E-state index in [4.69, 9.17) is 18.9 Å². The number of phenolic OH excluding ortho intramolecular Hbond substituents is 1. The van der Waals surface area contributed by atoms with Gasteiger partial charge in [0.1, 0.15) is 5.75 Å². The first-order chi connectivity index (χ1) is 12.6. The fourth-order valence-corrected chi connectivity index (χ4v) is 3.32. The van der Waals surface area contributed by atoms with Crippen LogP contribution in [0.1, 0.15) is 10.4 Å². The molecule has 130 valence electrons. The molecule has 0 saturated heterocycles.